The molecular formula is C19H26N4O6. The van der Waals surface area contributed by atoms with Crippen molar-refractivity contribution in [2.75, 3.05) is 44.8 Å². The van der Waals surface area contributed by atoms with E-state index in [1.807, 2.05) is 25.7 Å². The number of carbonyl (C=O) groups excluding carboxylic acids is 3. The summed E-state index contributed by atoms with van der Waals surface area (Å²) in [5, 5.41) is 4.89. The van der Waals surface area contributed by atoms with Gasteiger partial charge in [-0.15, -0.1) is 0 Å². The number of ether oxygens (including phenoxy) is 3. The molecule has 0 atom stereocenters. The highest BCUT2D eigenvalue weighted by Crippen LogP contribution is 2.34. The van der Waals surface area contributed by atoms with E-state index in [1.165, 1.54) is 0 Å². The number of hydrogen-bond donors (Lipinski definition) is 2. The summed E-state index contributed by atoms with van der Waals surface area (Å²) < 4.78 is 15.8. The second kappa shape index (κ2) is 8.56. The van der Waals surface area contributed by atoms with Crippen LogP contribution in [0.3, 0.4) is 0 Å². The van der Waals surface area contributed by atoms with Crippen molar-refractivity contribution in [3.63, 3.8) is 0 Å². The Hall–Kier alpha value is -3.01. The summed E-state index contributed by atoms with van der Waals surface area (Å²) in [4.78, 5) is 39.7. The molecular weight excluding hydrogens is 380 g/mol. The Morgan fingerprint density at radius 1 is 1.07 bits per heavy atom. The number of nitrogens with zero attached hydrogens (tertiary/aromatic N) is 2. The average Bonchev–Trinajstić information content (AvgIpc) is 3.08. The molecule has 0 spiro atoms. The minimum Gasteiger partial charge on any atom is -0.454 e. The molecule has 0 radical (unpaired) electrons. The fourth-order valence-electron chi connectivity index (χ4n) is 2.92. The van der Waals surface area contributed by atoms with Gasteiger partial charge >= 0.3 is 12.1 Å². The first-order valence-electron chi connectivity index (χ1n) is 9.40. The summed E-state index contributed by atoms with van der Waals surface area (Å²) in [5.74, 6) is 0.725. The smallest absolute Gasteiger partial charge is 0.410 e. The highest BCUT2D eigenvalue weighted by Gasteiger charge is 2.26. The molecule has 3 rings (SSSR count). The van der Waals surface area contributed by atoms with Crippen molar-refractivity contribution in [2.24, 2.45) is 0 Å². The van der Waals surface area contributed by atoms with E-state index < -0.39 is 17.5 Å². The van der Waals surface area contributed by atoms with Gasteiger partial charge in [-0.2, -0.15) is 0 Å². The maximum absolute atomic E-state index is 12.1. The van der Waals surface area contributed by atoms with Gasteiger partial charge in [-0.05, 0) is 32.9 Å². The first kappa shape index (κ1) is 20.7. The number of imide groups is 1. The van der Waals surface area contributed by atoms with E-state index in [2.05, 4.69) is 10.6 Å². The zero-order valence-corrected chi connectivity index (χ0v) is 16.8. The normalized spacial score (nSPS) is 16.3. The molecule has 158 valence electrons. The summed E-state index contributed by atoms with van der Waals surface area (Å²) in [5.41, 5.74) is -0.0510. The summed E-state index contributed by atoms with van der Waals surface area (Å²) >= 11 is 0. The Balaban J connectivity index is 1.40. The van der Waals surface area contributed by atoms with E-state index in [9.17, 15) is 14.4 Å². The Morgan fingerprint density at radius 3 is 2.45 bits per heavy atom. The van der Waals surface area contributed by atoms with E-state index in [1.54, 1.807) is 23.1 Å². The lowest BCUT2D eigenvalue weighted by Gasteiger charge is -2.35. The molecule has 2 aliphatic heterocycles. The van der Waals surface area contributed by atoms with Gasteiger partial charge in [0.05, 0.1) is 6.54 Å². The SMILES string of the molecule is CC(C)(C)OC(=O)N1CCN(CC(=O)NC(=O)Nc2ccc3c(c2)OCO3)CC1. The molecule has 4 amide bonds. The lowest BCUT2D eigenvalue weighted by molar-refractivity contribution is -0.121. The van der Waals surface area contributed by atoms with Crippen LogP contribution in [0, 0.1) is 0 Å². The molecule has 0 unspecified atom stereocenters. The van der Waals surface area contributed by atoms with Crippen molar-refractivity contribution in [1.82, 2.24) is 15.1 Å². The van der Waals surface area contributed by atoms with Gasteiger partial charge in [-0.1, -0.05) is 0 Å². The van der Waals surface area contributed by atoms with E-state index >= 15 is 0 Å². The fraction of sp³-hybridized carbons (Fsp3) is 0.526. The Morgan fingerprint density at radius 2 is 1.76 bits per heavy atom. The number of nitrogens with one attached hydrogen (secondary N) is 2. The Bertz CT molecular complexity index is 783. The number of carbonyl (C=O) groups is 3. The van der Waals surface area contributed by atoms with Crippen molar-refractivity contribution < 1.29 is 28.6 Å². The summed E-state index contributed by atoms with van der Waals surface area (Å²) in [6.07, 6.45) is -0.357. The lowest BCUT2D eigenvalue weighted by Crippen LogP contribution is -2.52. The molecule has 0 saturated carbocycles. The molecule has 2 aliphatic rings. The summed E-state index contributed by atoms with van der Waals surface area (Å²) in [6, 6.07) is 4.35. The minimum atomic E-state index is -0.624. The van der Waals surface area contributed by atoms with Crippen LogP contribution in [-0.4, -0.2) is 72.9 Å². The molecule has 1 fully saturated rings. The van der Waals surface area contributed by atoms with Crippen LogP contribution in [0.2, 0.25) is 0 Å². The van der Waals surface area contributed by atoms with Crippen LogP contribution < -0.4 is 20.1 Å². The average molecular weight is 406 g/mol. The van der Waals surface area contributed by atoms with Crippen LogP contribution in [-0.2, 0) is 9.53 Å². The van der Waals surface area contributed by atoms with E-state index in [-0.39, 0.29) is 19.4 Å². The number of benzene rings is 1. The number of amides is 4. The van der Waals surface area contributed by atoms with Gasteiger partial charge < -0.3 is 24.4 Å². The second-order valence-electron chi connectivity index (χ2n) is 7.81. The third kappa shape index (κ3) is 5.98. The van der Waals surface area contributed by atoms with Gasteiger partial charge in [0.15, 0.2) is 11.5 Å². The van der Waals surface area contributed by atoms with Gasteiger partial charge in [-0.25, -0.2) is 9.59 Å². The highest BCUT2D eigenvalue weighted by molar-refractivity contribution is 6.01. The van der Waals surface area contributed by atoms with Gasteiger partial charge in [0.1, 0.15) is 5.60 Å². The molecule has 2 N–H and O–H groups in total. The van der Waals surface area contributed by atoms with Gasteiger partial charge in [0.2, 0.25) is 12.7 Å². The third-order valence-electron chi connectivity index (χ3n) is 4.27. The molecule has 0 aromatic heterocycles. The highest BCUT2D eigenvalue weighted by atomic mass is 16.7. The lowest BCUT2D eigenvalue weighted by atomic mass is 10.2. The summed E-state index contributed by atoms with van der Waals surface area (Å²) in [6.45, 7) is 7.64. The topological polar surface area (TPSA) is 109 Å². The predicted octanol–water partition coefficient (Wildman–Crippen LogP) is 1.62. The first-order valence-corrected chi connectivity index (χ1v) is 9.40. The number of urea groups is 1. The molecule has 1 aromatic rings. The maximum atomic E-state index is 12.1. The largest absolute Gasteiger partial charge is 0.454 e. The van der Waals surface area contributed by atoms with Crippen LogP contribution in [0.5, 0.6) is 11.5 Å². The zero-order chi connectivity index (χ0) is 21.0. The molecule has 0 bridgehead atoms. The molecule has 0 aliphatic carbocycles. The monoisotopic (exact) mass is 406 g/mol. The van der Waals surface area contributed by atoms with Crippen LogP contribution in [0.15, 0.2) is 18.2 Å². The Kier molecular flexibility index (Phi) is 6.12. The molecule has 1 aromatic carbocycles. The molecule has 29 heavy (non-hydrogen) atoms. The molecule has 1 saturated heterocycles. The summed E-state index contributed by atoms with van der Waals surface area (Å²) in [7, 11) is 0. The molecule has 10 nitrogen and oxygen atoms in total. The fourth-order valence-corrected chi connectivity index (χ4v) is 2.92. The number of piperazine rings is 1. The zero-order valence-electron chi connectivity index (χ0n) is 16.8. The van der Waals surface area contributed by atoms with Crippen LogP contribution in [0.25, 0.3) is 0 Å². The van der Waals surface area contributed by atoms with E-state index in [4.69, 9.17) is 14.2 Å². The minimum absolute atomic E-state index is 0.0662. The maximum Gasteiger partial charge on any atom is 0.410 e. The number of fused-ring (bicyclic) bond motifs is 1. The van der Waals surface area contributed by atoms with Gasteiger partial charge in [0.25, 0.3) is 0 Å². The van der Waals surface area contributed by atoms with E-state index in [0.717, 1.165) is 0 Å². The molecule has 2 heterocycles. The van der Waals surface area contributed by atoms with Crippen LogP contribution in [0.4, 0.5) is 15.3 Å². The van der Waals surface area contributed by atoms with Gasteiger partial charge in [0, 0.05) is 37.9 Å². The first-order chi connectivity index (χ1) is 13.7. The molecule has 10 heteroatoms. The third-order valence-corrected chi connectivity index (χ3v) is 4.27. The van der Waals surface area contributed by atoms with Gasteiger partial charge in [-0.3, -0.25) is 15.0 Å². The van der Waals surface area contributed by atoms with Crippen molar-refractivity contribution >= 4 is 23.7 Å². The number of rotatable bonds is 3. The van der Waals surface area contributed by atoms with Crippen LogP contribution >= 0.6 is 0 Å². The number of anilines is 1. The Labute approximate surface area is 169 Å². The van der Waals surface area contributed by atoms with E-state index in [0.29, 0.717) is 43.4 Å². The quantitative estimate of drug-likeness (QED) is 0.785. The van der Waals surface area contributed by atoms with Crippen molar-refractivity contribution in [3.05, 3.63) is 18.2 Å². The number of hydrogen-bond acceptors (Lipinski definition) is 7. The van der Waals surface area contributed by atoms with Crippen molar-refractivity contribution in [3.8, 4) is 11.5 Å². The van der Waals surface area contributed by atoms with Crippen molar-refractivity contribution in [2.45, 2.75) is 26.4 Å². The standard InChI is InChI=1S/C19H26N4O6/c1-19(2,3)29-18(26)23-8-6-22(7-9-23)11-16(24)21-17(25)20-13-4-5-14-15(10-13)28-12-27-14/h4-5,10H,6-9,11-12H2,1-3H3,(H2,20,21,24,25). The van der Waals surface area contributed by atoms with Crippen LogP contribution in [0.1, 0.15) is 20.8 Å². The second-order valence-corrected chi connectivity index (χ2v) is 7.81. The van der Waals surface area contributed by atoms with Crippen molar-refractivity contribution in [1.29, 1.82) is 0 Å². The predicted molar refractivity (Wildman–Crippen MR) is 104 cm³/mol.